The third kappa shape index (κ3) is 11.9. The van der Waals surface area contributed by atoms with Gasteiger partial charge in [0.15, 0.2) is 29.1 Å². The number of fused-ring (bicyclic) bond motifs is 1. The number of aromatic hydroxyl groups is 4. The Hall–Kier alpha value is -6.57. The van der Waals surface area contributed by atoms with Crippen molar-refractivity contribution in [2.24, 2.45) is 0 Å². The molecular weight excluding hydrogens is 972 g/mol. The molecule has 3 aromatic rings. The molecule has 7 rings (SSSR count). The number of phenols is 4. The summed E-state index contributed by atoms with van der Waals surface area (Å²) in [7, 11) is 0. The molecule has 0 amide bonds. The van der Waals surface area contributed by atoms with Crippen molar-refractivity contribution in [1.29, 1.82) is 0 Å². The van der Waals surface area contributed by atoms with E-state index < -0.39 is 171 Å². The fourth-order valence-corrected chi connectivity index (χ4v) is 7.65. The van der Waals surface area contributed by atoms with E-state index in [1.165, 1.54) is 30.3 Å². The molecule has 0 spiro atoms. The number of carbonyl (C=O) groups excluding carboxylic acids is 2. The summed E-state index contributed by atoms with van der Waals surface area (Å²) in [5, 5.41) is 156. The van der Waals surface area contributed by atoms with Crippen molar-refractivity contribution in [3.63, 3.8) is 0 Å². The van der Waals surface area contributed by atoms with Crippen LogP contribution in [0.5, 0.6) is 40.2 Å². The normalized spacial score (nSPS) is 32.4. The number of aliphatic hydroxyl groups is 10. The van der Waals surface area contributed by atoms with Gasteiger partial charge in [0.2, 0.25) is 18.9 Å². The van der Waals surface area contributed by atoms with E-state index in [1.54, 1.807) is 0 Å². The van der Waals surface area contributed by atoms with Crippen molar-refractivity contribution in [2.45, 2.75) is 105 Å². The van der Waals surface area contributed by atoms with Gasteiger partial charge in [-0.1, -0.05) is 12.1 Å². The van der Waals surface area contributed by atoms with Crippen LogP contribution in [-0.2, 0) is 42.8 Å². The molecule has 3 aromatic carbocycles. The number of carboxylic acid groups (broad SMARTS) is 1. The summed E-state index contributed by atoms with van der Waals surface area (Å²) in [5.74, 6) is -7.15. The summed E-state index contributed by atoms with van der Waals surface area (Å²) >= 11 is 0. The van der Waals surface area contributed by atoms with Gasteiger partial charge in [0.1, 0.15) is 116 Å². The summed E-state index contributed by atoms with van der Waals surface area (Å²) in [4.78, 5) is 35.4. The molecule has 0 saturated carbocycles. The minimum Gasteiger partial charge on any atom is -0.507 e. The maximum Gasteiger partial charge on any atom is 0.330 e. The molecular formula is C45H50O27. The predicted molar refractivity (Wildman–Crippen MR) is 230 cm³/mol. The number of carbonyl (C=O) groups is 3. The Labute approximate surface area is 404 Å². The minimum absolute atomic E-state index is 0.0169. The van der Waals surface area contributed by atoms with Gasteiger partial charge in [-0.2, -0.15) is 0 Å². The third-order valence-corrected chi connectivity index (χ3v) is 11.6. The quantitative estimate of drug-likeness (QED) is 0.0286. The zero-order valence-corrected chi connectivity index (χ0v) is 37.0. The van der Waals surface area contributed by atoms with Gasteiger partial charge in [-0.15, -0.1) is 0 Å². The van der Waals surface area contributed by atoms with E-state index >= 15 is 0 Å². The van der Waals surface area contributed by atoms with Gasteiger partial charge in [0.05, 0.1) is 12.2 Å². The highest BCUT2D eigenvalue weighted by Gasteiger charge is 2.49. The molecule has 3 fully saturated rings. The highest BCUT2D eigenvalue weighted by atomic mass is 16.7. The maximum atomic E-state index is 12.5. The first-order valence-electron chi connectivity index (χ1n) is 21.7. The summed E-state index contributed by atoms with van der Waals surface area (Å²) in [6, 6.07) is 9.33. The lowest BCUT2D eigenvalue weighted by atomic mass is 9.98. The lowest BCUT2D eigenvalue weighted by Gasteiger charge is -2.41. The second-order valence-corrected chi connectivity index (χ2v) is 16.7. The van der Waals surface area contributed by atoms with E-state index in [4.69, 9.17) is 47.7 Å². The van der Waals surface area contributed by atoms with Crippen LogP contribution < -0.4 is 14.2 Å². The first-order valence-corrected chi connectivity index (χ1v) is 21.7. The predicted octanol–water partition coefficient (Wildman–Crippen LogP) is -3.55. The summed E-state index contributed by atoms with van der Waals surface area (Å²) in [6.45, 7) is -2.34. The number of hydrogen-bond donors (Lipinski definition) is 15. The topological polar surface area (TPSA) is 438 Å². The molecule has 3 saturated heterocycles. The SMILES string of the molecule is O=C(O)CC(=O)OCC1OC(OC2=Cc3c(O)cc(OC4OC(COC(=O)C=Cc5ccc(O)c(O)c5)C(O)C(O)C4O)cc3OC2c2ccc(O)c(OC3OC(CO)C(O)C(O)C3O)c2)C(O)C(O)C1O. The van der Waals surface area contributed by atoms with Crippen LogP contribution in [0.3, 0.4) is 0 Å². The number of phenolic OH excluding ortho intramolecular Hbond substituents is 4. The molecule has 15 N–H and O–H groups in total. The number of aliphatic hydroxyl groups excluding tert-OH is 10. The highest BCUT2D eigenvalue weighted by Crippen LogP contribution is 2.46. The van der Waals surface area contributed by atoms with Gasteiger partial charge in [-0.25, -0.2) is 4.79 Å². The Balaban J connectivity index is 1.15. The van der Waals surface area contributed by atoms with E-state index in [9.17, 15) is 85.9 Å². The van der Waals surface area contributed by atoms with E-state index in [0.29, 0.717) is 5.56 Å². The van der Waals surface area contributed by atoms with Gasteiger partial charge < -0.3 is 119 Å². The van der Waals surface area contributed by atoms with Gasteiger partial charge >= 0.3 is 17.9 Å². The maximum absolute atomic E-state index is 12.5. The van der Waals surface area contributed by atoms with Crippen LogP contribution in [0.15, 0.2) is 60.4 Å². The van der Waals surface area contributed by atoms with E-state index in [-0.39, 0.29) is 28.4 Å². The minimum atomic E-state index is -2.05. The number of rotatable bonds is 16. The van der Waals surface area contributed by atoms with Crippen LogP contribution >= 0.6 is 0 Å². The van der Waals surface area contributed by atoms with Crippen LogP contribution in [0.25, 0.3) is 12.2 Å². The van der Waals surface area contributed by atoms with Gasteiger partial charge in [-0.3, -0.25) is 9.59 Å². The molecule has 4 aliphatic heterocycles. The van der Waals surface area contributed by atoms with Gasteiger partial charge in [-0.05, 0) is 42.0 Å². The second-order valence-electron chi connectivity index (χ2n) is 16.7. The fraction of sp³-hybridized carbons (Fsp3) is 0.444. The molecule has 16 unspecified atom stereocenters. The van der Waals surface area contributed by atoms with E-state index in [2.05, 4.69) is 0 Å². The first-order chi connectivity index (χ1) is 34.1. The van der Waals surface area contributed by atoms with Crippen molar-refractivity contribution >= 4 is 30.1 Å². The molecule has 27 heteroatoms. The average Bonchev–Trinajstić information content (AvgIpc) is 3.34. The van der Waals surface area contributed by atoms with Crippen molar-refractivity contribution < 1.29 is 134 Å². The molecule has 0 aromatic heterocycles. The summed E-state index contributed by atoms with van der Waals surface area (Å²) in [5.41, 5.74) is 0.122. The lowest BCUT2D eigenvalue weighted by molar-refractivity contribution is -0.294. The van der Waals surface area contributed by atoms with Gasteiger partial charge in [0.25, 0.3) is 0 Å². The Bertz CT molecular complexity index is 2500. The first kappa shape index (κ1) is 53.2. The molecule has 72 heavy (non-hydrogen) atoms. The van der Waals surface area contributed by atoms with Crippen molar-refractivity contribution in [2.75, 3.05) is 19.8 Å². The molecule has 16 atom stereocenters. The van der Waals surface area contributed by atoms with Crippen molar-refractivity contribution in [3.05, 3.63) is 77.1 Å². The zero-order chi connectivity index (χ0) is 52.3. The number of benzene rings is 3. The molecule has 0 bridgehead atoms. The van der Waals surface area contributed by atoms with Gasteiger partial charge in [0, 0.05) is 23.8 Å². The monoisotopic (exact) mass is 1020 g/mol. The molecule has 0 aliphatic carbocycles. The van der Waals surface area contributed by atoms with Crippen LogP contribution in [0.4, 0.5) is 0 Å². The second kappa shape index (κ2) is 22.5. The number of aliphatic carboxylic acids is 1. The molecule has 4 aliphatic rings. The Morgan fingerprint density at radius 1 is 0.583 bits per heavy atom. The van der Waals surface area contributed by atoms with E-state index in [0.717, 1.165) is 36.4 Å². The number of ether oxygens (including phenoxy) is 9. The Morgan fingerprint density at radius 3 is 1.76 bits per heavy atom. The summed E-state index contributed by atoms with van der Waals surface area (Å²) < 4.78 is 50.5. The van der Waals surface area contributed by atoms with Crippen LogP contribution in [0, 0.1) is 0 Å². The van der Waals surface area contributed by atoms with Crippen molar-refractivity contribution in [3.8, 4) is 40.2 Å². The molecule has 392 valence electrons. The highest BCUT2D eigenvalue weighted by molar-refractivity contribution is 5.90. The summed E-state index contributed by atoms with van der Waals surface area (Å²) in [6.07, 6.45) is -26.7. The molecule has 0 radical (unpaired) electrons. The van der Waals surface area contributed by atoms with E-state index in [1.807, 2.05) is 0 Å². The Morgan fingerprint density at radius 2 is 1.15 bits per heavy atom. The zero-order valence-electron chi connectivity index (χ0n) is 37.0. The number of hydrogen-bond acceptors (Lipinski definition) is 26. The molecule has 27 nitrogen and oxygen atoms in total. The van der Waals surface area contributed by atoms with Crippen LogP contribution in [0.2, 0.25) is 0 Å². The smallest absolute Gasteiger partial charge is 0.330 e. The van der Waals surface area contributed by atoms with Crippen molar-refractivity contribution in [1.82, 2.24) is 0 Å². The Kier molecular flexibility index (Phi) is 16.6. The number of carboxylic acids is 1. The van der Waals surface area contributed by atoms with Crippen LogP contribution in [-0.4, -0.2) is 206 Å². The molecule has 4 heterocycles. The average molecular weight is 1020 g/mol. The number of esters is 2. The lowest BCUT2D eigenvalue weighted by Crippen LogP contribution is -2.60. The van der Waals surface area contributed by atoms with Crippen LogP contribution in [0.1, 0.15) is 29.2 Å². The third-order valence-electron chi connectivity index (χ3n) is 11.6. The standard InChI is InChI=1S/C45H50O27/c46-13-27-33(55)36(58)40(62)44(70-27)68-25-8-17(3-5-21(25)48)42-26(69-45-41(63)38(60)35(57)29(72-45)15-65-32(54)12-30(51)52)11-19-22(49)9-18(10-24(19)67-42)66-43-39(61)37(59)34(56)28(71-43)14-64-31(53)6-2-16-1-4-20(47)23(50)7-16/h1-11,27-29,33-50,55-63H,12-15H2,(H,51,52). The fourth-order valence-electron chi connectivity index (χ4n) is 7.65. The largest absolute Gasteiger partial charge is 0.507 e.